The minimum absolute atomic E-state index is 0.423. The Hall–Kier alpha value is -2.37. The molecule has 0 radical (unpaired) electrons. The van der Waals surface area contributed by atoms with Crippen molar-refractivity contribution in [1.29, 1.82) is 0 Å². The Morgan fingerprint density at radius 3 is 2.86 bits per heavy atom. The average molecular weight is 300 g/mol. The molecule has 0 amide bonds. The number of ether oxygens (including phenoxy) is 1. The van der Waals surface area contributed by atoms with Crippen LogP contribution in [0.3, 0.4) is 0 Å². The van der Waals surface area contributed by atoms with E-state index in [4.69, 9.17) is 16.0 Å². The number of rotatable bonds is 3. The summed E-state index contributed by atoms with van der Waals surface area (Å²) in [6, 6.07) is 0. The Morgan fingerprint density at radius 2 is 2.29 bits per heavy atom. The van der Waals surface area contributed by atoms with Crippen LogP contribution in [-0.4, -0.2) is 54.5 Å². The first kappa shape index (κ1) is 15.0. The fourth-order valence-corrected chi connectivity index (χ4v) is 1.97. The number of nitrogens with zero attached hydrogens (tertiary/aromatic N) is 5. The fraction of sp³-hybridized carbons (Fsp3) is 0.556. The molecule has 0 spiro atoms. The van der Waals surface area contributed by atoms with Crippen molar-refractivity contribution in [3.63, 3.8) is 0 Å². The lowest BCUT2D eigenvalue weighted by molar-refractivity contribution is -0.125. The maximum atomic E-state index is 11.7. The molecular formula is C9H12N6O6. The Kier molecular flexibility index (Phi) is 3.72. The molecule has 1 aromatic heterocycles. The van der Waals surface area contributed by atoms with Gasteiger partial charge in [0.15, 0.2) is 17.8 Å². The first-order valence-electron chi connectivity index (χ1n) is 5.65. The number of hydrogen-bond donors (Lipinski definition) is 5. The van der Waals surface area contributed by atoms with Gasteiger partial charge in [-0.25, -0.2) is 4.79 Å². The molecule has 2 rings (SSSR count). The third-order valence-electron chi connectivity index (χ3n) is 3.08. The Bertz CT molecular complexity index is 657. The van der Waals surface area contributed by atoms with Gasteiger partial charge in [-0.05, 0) is 5.53 Å². The van der Waals surface area contributed by atoms with Crippen LogP contribution < -0.4 is 11.4 Å². The summed E-state index contributed by atoms with van der Waals surface area (Å²) in [6.07, 6.45) is -4.21. The van der Waals surface area contributed by atoms with Crippen LogP contribution >= 0.6 is 0 Å². The molecule has 6 N–H and O–H groups in total. The number of aromatic hydroxyl groups is 1. The van der Waals surface area contributed by atoms with Gasteiger partial charge in [-0.1, -0.05) is 5.11 Å². The summed E-state index contributed by atoms with van der Waals surface area (Å²) in [5, 5.41) is 41.6. The van der Waals surface area contributed by atoms with Crippen molar-refractivity contribution in [3.8, 4) is 5.75 Å². The van der Waals surface area contributed by atoms with Crippen molar-refractivity contribution in [2.45, 2.75) is 24.2 Å². The van der Waals surface area contributed by atoms with Gasteiger partial charge in [0.2, 0.25) is 5.72 Å². The van der Waals surface area contributed by atoms with E-state index in [0.717, 1.165) is 6.20 Å². The van der Waals surface area contributed by atoms with Crippen molar-refractivity contribution in [1.82, 2.24) is 9.55 Å². The number of aliphatic hydroxyl groups excluding tert-OH is 3. The van der Waals surface area contributed by atoms with E-state index in [1.54, 1.807) is 0 Å². The van der Waals surface area contributed by atoms with E-state index in [0.29, 0.717) is 4.57 Å². The number of aromatic nitrogens is 2. The summed E-state index contributed by atoms with van der Waals surface area (Å²) in [4.78, 5) is 17.4. The summed E-state index contributed by atoms with van der Waals surface area (Å²) in [5.74, 6) is -0.974. The summed E-state index contributed by atoms with van der Waals surface area (Å²) >= 11 is 0. The van der Waals surface area contributed by atoms with Crippen LogP contribution in [0.5, 0.6) is 5.75 Å². The van der Waals surface area contributed by atoms with Gasteiger partial charge in [0.1, 0.15) is 12.2 Å². The molecule has 4 atom stereocenters. The number of anilines is 1. The van der Waals surface area contributed by atoms with Crippen molar-refractivity contribution >= 4 is 5.82 Å². The maximum absolute atomic E-state index is 11.7. The molecule has 2 unspecified atom stereocenters. The molecule has 0 aromatic carbocycles. The summed E-state index contributed by atoms with van der Waals surface area (Å²) in [7, 11) is 0. The molecule has 21 heavy (non-hydrogen) atoms. The third-order valence-corrected chi connectivity index (χ3v) is 3.08. The van der Waals surface area contributed by atoms with E-state index < -0.39 is 48.0 Å². The molecule has 12 nitrogen and oxygen atoms in total. The standard InChI is InChI=1S/C9H12N6O6/c10-6-3(17)1-15(8(20)12-6)7-4(18)5(19)9(2-16,21-7)13-14-11/h1,4-5,7,16-19H,2H2,(H2,10,12,20)/t4?,5?,7-,9-/m1/s1. The first-order valence-corrected chi connectivity index (χ1v) is 5.65. The smallest absolute Gasteiger partial charge is 0.351 e. The highest BCUT2D eigenvalue weighted by Gasteiger charge is 2.55. The highest BCUT2D eigenvalue weighted by atomic mass is 16.6. The molecule has 1 fully saturated rings. The van der Waals surface area contributed by atoms with Crippen molar-refractivity contribution < 1.29 is 25.2 Å². The summed E-state index contributed by atoms with van der Waals surface area (Å²) < 4.78 is 5.78. The number of aliphatic hydroxyl groups is 3. The number of hydrogen-bond acceptors (Lipinski definition) is 9. The van der Waals surface area contributed by atoms with E-state index in [1.807, 2.05) is 0 Å². The second-order valence-corrected chi connectivity index (χ2v) is 4.34. The monoisotopic (exact) mass is 300 g/mol. The van der Waals surface area contributed by atoms with E-state index in [9.17, 15) is 25.2 Å². The topological polar surface area (TPSA) is 200 Å². The molecule has 0 saturated carbocycles. The van der Waals surface area contributed by atoms with E-state index in [-0.39, 0.29) is 0 Å². The van der Waals surface area contributed by atoms with Crippen LogP contribution in [0.15, 0.2) is 16.1 Å². The molecule has 12 heteroatoms. The lowest BCUT2D eigenvalue weighted by Crippen LogP contribution is -2.44. The zero-order chi connectivity index (χ0) is 15.8. The first-order chi connectivity index (χ1) is 9.86. The van der Waals surface area contributed by atoms with Crippen LogP contribution in [0.4, 0.5) is 5.82 Å². The minimum atomic E-state index is -2.16. The minimum Gasteiger partial charge on any atom is -0.503 e. The molecule has 0 aliphatic carbocycles. The lowest BCUT2D eigenvalue weighted by Gasteiger charge is -2.23. The average Bonchev–Trinajstić information content (AvgIpc) is 2.69. The van der Waals surface area contributed by atoms with Gasteiger partial charge in [-0.3, -0.25) is 4.57 Å². The van der Waals surface area contributed by atoms with Gasteiger partial charge >= 0.3 is 5.69 Å². The Balaban J connectivity index is 2.50. The normalized spacial score (nSPS) is 31.9. The number of azide groups is 1. The highest BCUT2D eigenvalue weighted by molar-refractivity contribution is 5.41. The van der Waals surface area contributed by atoms with E-state index in [2.05, 4.69) is 15.0 Å². The second kappa shape index (κ2) is 5.20. The van der Waals surface area contributed by atoms with Crippen molar-refractivity contribution in [2.75, 3.05) is 12.3 Å². The highest BCUT2D eigenvalue weighted by Crippen LogP contribution is 2.38. The number of nitrogen functional groups attached to an aromatic ring is 1. The quantitative estimate of drug-likeness (QED) is 0.234. The Morgan fingerprint density at radius 1 is 1.62 bits per heavy atom. The van der Waals surface area contributed by atoms with E-state index >= 15 is 0 Å². The van der Waals surface area contributed by atoms with Crippen molar-refractivity contribution in [3.05, 3.63) is 27.1 Å². The van der Waals surface area contributed by atoms with Crippen LogP contribution in [0.1, 0.15) is 6.23 Å². The second-order valence-electron chi connectivity index (χ2n) is 4.34. The molecule has 2 heterocycles. The molecule has 1 aromatic rings. The van der Waals surface area contributed by atoms with Crippen molar-refractivity contribution in [2.24, 2.45) is 5.11 Å². The predicted molar refractivity (Wildman–Crippen MR) is 65.7 cm³/mol. The molecule has 0 bridgehead atoms. The fourth-order valence-electron chi connectivity index (χ4n) is 1.97. The van der Waals surface area contributed by atoms with Gasteiger partial charge in [-0.2, -0.15) is 4.98 Å². The van der Waals surface area contributed by atoms with Gasteiger partial charge in [0.25, 0.3) is 0 Å². The zero-order valence-corrected chi connectivity index (χ0v) is 10.4. The lowest BCUT2D eigenvalue weighted by atomic mass is 10.1. The van der Waals surface area contributed by atoms with Crippen LogP contribution in [0, 0.1) is 0 Å². The zero-order valence-electron chi connectivity index (χ0n) is 10.4. The largest absolute Gasteiger partial charge is 0.503 e. The SMILES string of the molecule is [N-]=[N+]=N[C@]1(CO)O[C@@H](n2cc(O)c(N)nc2=O)C(O)C1O. The maximum Gasteiger partial charge on any atom is 0.351 e. The summed E-state index contributed by atoms with van der Waals surface area (Å²) in [6.45, 7) is -0.936. The molecule has 1 aliphatic rings. The van der Waals surface area contributed by atoms with Crippen LogP contribution in [0.2, 0.25) is 0 Å². The summed E-state index contributed by atoms with van der Waals surface area (Å²) in [5.41, 5.74) is 10.6. The van der Waals surface area contributed by atoms with Gasteiger partial charge < -0.3 is 30.9 Å². The predicted octanol–water partition coefficient (Wildman–Crippen LogP) is -2.22. The molecule has 114 valence electrons. The van der Waals surface area contributed by atoms with Gasteiger partial charge in [0, 0.05) is 4.91 Å². The van der Waals surface area contributed by atoms with Crippen LogP contribution in [-0.2, 0) is 4.74 Å². The number of nitrogens with two attached hydrogens (primary N) is 1. The molecular weight excluding hydrogens is 288 g/mol. The van der Waals surface area contributed by atoms with Gasteiger partial charge in [-0.15, -0.1) is 0 Å². The van der Waals surface area contributed by atoms with Gasteiger partial charge in [0.05, 0.1) is 12.8 Å². The molecule has 1 saturated heterocycles. The third kappa shape index (κ3) is 2.26. The van der Waals surface area contributed by atoms with Crippen LogP contribution in [0.25, 0.3) is 10.4 Å². The Labute approximate surface area is 116 Å². The van der Waals surface area contributed by atoms with E-state index in [1.165, 1.54) is 0 Å². The molecule has 1 aliphatic heterocycles.